The van der Waals surface area contributed by atoms with Crippen molar-refractivity contribution in [3.05, 3.63) is 69.7 Å². The summed E-state index contributed by atoms with van der Waals surface area (Å²) < 4.78 is 7.21. The van der Waals surface area contributed by atoms with Gasteiger partial charge in [0.25, 0.3) is 5.56 Å². The van der Waals surface area contributed by atoms with Gasteiger partial charge in [-0.1, -0.05) is 50.6 Å². The molecule has 2 aromatic carbocycles. The van der Waals surface area contributed by atoms with Gasteiger partial charge in [0.1, 0.15) is 18.5 Å². The summed E-state index contributed by atoms with van der Waals surface area (Å²) in [5, 5.41) is 11.3. The van der Waals surface area contributed by atoms with Crippen LogP contribution in [0.25, 0.3) is 10.9 Å². The minimum Gasteiger partial charge on any atom is -0.491 e. The van der Waals surface area contributed by atoms with Crippen LogP contribution in [0, 0.1) is 0 Å². The first-order valence-corrected chi connectivity index (χ1v) is 9.18. The second-order valence-electron chi connectivity index (χ2n) is 7.57. The second-order valence-corrected chi connectivity index (χ2v) is 8.01. The van der Waals surface area contributed by atoms with Crippen molar-refractivity contribution in [1.82, 2.24) is 9.55 Å². The molecule has 6 heteroatoms. The lowest BCUT2D eigenvalue weighted by Gasteiger charge is -2.23. The minimum atomic E-state index is -0.853. The smallest absolute Gasteiger partial charge is 0.261 e. The van der Waals surface area contributed by atoms with Crippen molar-refractivity contribution < 1.29 is 9.84 Å². The van der Waals surface area contributed by atoms with Crippen LogP contribution in [0.2, 0.25) is 5.02 Å². The Morgan fingerprint density at radius 3 is 2.70 bits per heavy atom. The zero-order valence-corrected chi connectivity index (χ0v) is 16.4. The van der Waals surface area contributed by atoms with Crippen LogP contribution in [0.5, 0.6) is 5.75 Å². The Hall–Kier alpha value is -2.37. The number of aliphatic hydroxyl groups excluding tert-OH is 1. The first-order chi connectivity index (χ1) is 12.8. The predicted molar refractivity (Wildman–Crippen MR) is 108 cm³/mol. The largest absolute Gasteiger partial charge is 0.491 e. The third-order valence-electron chi connectivity index (χ3n) is 4.32. The summed E-state index contributed by atoms with van der Waals surface area (Å²) in [6.07, 6.45) is 0.583. The Balaban J connectivity index is 1.74. The molecule has 1 aromatic heterocycles. The molecular formula is C21H23ClN2O3. The standard InChI is InChI=1S/C21H23ClN2O3/c1-21(2,3)17-6-4-5-7-19(17)27-12-15(25)11-24-13-23-18-9-8-14(22)10-16(18)20(24)26/h4-10,13,15,25H,11-12H2,1-3H3. The first kappa shape index (κ1) is 19.4. The molecule has 3 rings (SSSR count). The molecule has 0 aliphatic heterocycles. The molecule has 0 saturated carbocycles. The summed E-state index contributed by atoms with van der Waals surface area (Å²) in [5.41, 5.74) is 1.33. The Labute approximate surface area is 163 Å². The molecule has 0 aliphatic rings. The minimum absolute atomic E-state index is 0.0694. The van der Waals surface area contributed by atoms with Crippen LogP contribution >= 0.6 is 11.6 Å². The van der Waals surface area contributed by atoms with E-state index in [2.05, 4.69) is 25.8 Å². The average Bonchev–Trinajstić information content (AvgIpc) is 2.62. The van der Waals surface area contributed by atoms with Crippen LogP contribution in [0.15, 0.2) is 53.6 Å². The summed E-state index contributed by atoms with van der Waals surface area (Å²) >= 11 is 5.97. The number of rotatable bonds is 5. The molecule has 0 amide bonds. The van der Waals surface area contributed by atoms with E-state index in [1.165, 1.54) is 10.9 Å². The van der Waals surface area contributed by atoms with Crippen LogP contribution in [0.1, 0.15) is 26.3 Å². The van der Waals surface area contributed by atoms with Crippen LogP contribution in [0.3, 0.4) is 0 Å². The number of halogens is 1. The van der Waals surface area contributed by atoms with E-state index in [1.54, 1.807) is 18.2 Å². The number of ether oxygens (including phenoxy) is 1. The lowest BCUT2D eigenvalue weighted by Crippen LogP contribution is -2.30. The van der Waals surface area contributed by atoms with Gasteiger partial charge in [-0.3, -0.25) is 9.36 Å². The van der Waals surface area contributed by atoms with Gasteiger partial charge in [0.05, 0.1) is 23.8 Å². The molecule has 3 aromatic rings. The summed E-state index contributed by atoms with van der Waals surface area (Å²) in [5.74, 6) is 0.736. The fourth-order valence-electron chi connectivity index (χ4n) is 2.94. The van der Waals surface area contributed by atoms with Crippen LogP contribution in [0.4, 0.5) is 0 Å². The number of hydrogen-bond donors (Lipinski definition) is 1. The van der Waals surface area contributed by atoms with Gasteiger partial charge in [0, 0.05) is 5.02 Å². The molecule has 1 heterocycles. The normalized spacial score (nSPS) is 12.9. The Morgan fingerprint density at radius 1 is 1.22 bits per heavy atom. The molecule has 0 spiro atoms. The van der Waals surface area contributed by atoms with Crippen molar-refractivity contribution >= 4 is 22.5 Å². The number of benzene rings is 2. The molecule has 0 saturated heterocycles. The second kappa shape index (κ2) is 7.71. The van der Waals surface area contributed by atoms with Gasteiger partial charge in [-0.05, 0) is 35.2 Å². The predicted octanol–water partition coefficient (Wildman–Crippen LogP) is 3.79. The van der Waals surface area contributed by atoms with Crippen molar-refractivity contribution in [2.24, 2.45) is 0 Å². The van der Waals surface area contributed by atoms with Gasteiger partial charge in [0.2, 0.25) is 0 Å². The summed E-state index contributed by atoms with van der Waals surface area (Å²) in [7, 11) is 0. The number of fused-ring (bicyclic) bond motifs is 1. The zero-order valence-electron chi connectivity index (χ0n) is 15.6. The average molecular weight is 387 g/mol. The van der Waals surface area contributed by atoms with Gasteiger partial charge in [-0.2, -0.15) is 0 Å². The SMILES string of the molecule is CC(C)(C)c1ccccc1OCC(O)Cn1cnc2ccc(Cl)cc2c1=O. The highest BCUT2D eigenvalue weighted by molar-refractivity contribution is 6.31. The van der Waals surface area contributed by atoms with E-state index in [0.717, 1.165) is 11.3 Å². The molecular weight excluding hydrogens is 364 g/mol. The fraction of sp³-hybridized carbons (Fsp3) is 0.333. The van der Waals surface area contributed by atoms with E-state index in [4.69, 9.17) is 16.3 Å². The zero-order chi connectivity index (χ0) is 19.6. The van der Waals surface area contributed by atoms with Gasteiger partial charge in [0.15, 0.2) is 0 Å². The van der Waals surface area contributed by atoms with Gasteiger partial charge >= 0.3 is 0 Å². The number of hydrogen-bond acceptors (Lipinski definition) is 4. The van der Waals surface area contributed by atoms with Crippen LogP contribution in [-0.4, -0.2) is 27.4 Å². The van der Waals surface area contributed by atoms with E-state index >= 15 is 0 Å². The molecule has 1 unspecified atom stereocenters. The Kier molecular flexibility index (Phi) is 5.53. The van der Waals surface area contributed by atoms with E-state index in [-0.39, 0.29) is 24.1 Å². The fourth-order valence-corrected chi connectivity index (χ4v) is 3.11. The third-order valence-corrected chi connectivity index (χ3v) is 4.55. The lowest BCUT2D eigenvalue weighted by molar-refractivity contribution is 0.0905. The van der Waals surface area contributed by atoms with E-state index in [1.807, 2.05) is 24.3 Å². The molecule has 27 heavy (non-hydrogen) atoms. The van der Waals surface area contributed by atoms with Crippen LogP contribution in [-0.2, 0) is 12.0 Å². The maximum atomic E-state index is 12.6. The molecule has 5 nitrogen and oxygen atoms in total. The van der Waals surface area contributed by atoms with Crippen LogP contribution < -0.4 is 10.3 Å². The van der Waals surface area contributed by atoms with Gasteiger partial charge in [-0.15, -0.1) is 0 Å². The van der Waals surface area contributed by atoms with Crippen molar-refractivity contribution in [3.8, 4) is 5.75 Å². The summed E-state index contributed by atoms with van der Waals surface area (Å²) in [4.78, 5) is 16.8. The van der Waals surface area contributed by atoms with E-state index < -0.39 is 6.10 Å². The number of nitrogens with zero attached hydrogens (tertiary/aromatic N) is 2. The Morgan fingerprint density at radius 2 is 1.96 bits per heavy atom. The number of aliphatic hydroxyl groups is 1. The number of aromatic nitrogens is 2. The van der Waals surface area contributed by atoms with Gasteiger partial charge < -0.3 is 9.84 Å². The molecule has 0 fully saturated rings. The summed E-state index contributed by atoms with van der Waals surface area (Å²) in [6, 6.07) is 12.8. The van der Waals surface area contributed by atoms with E-state index in [0.29, 0.717) is 15.9 Å². The maximum absolute atomic E-state index is 12.6. The molecule has 1 N–H and O–H groups in total. The first-order valence-electron chi connectivity index (χ1n) is 8.81. The highest BCUT2D eigenvalue weighted by atomic mass is 35.5. The molecule has 1 atom stereocenters. The molecule has 0 radical (unpaired) electrons. The Bertz CT molecular complexity index is 1010. The molecule has 0 bridgehead atoms. The lowest BCUT2D eigenvalue weighted by atomic mass is 9.86. The van der Waals surface area contributed by atoms with Gasteiger partial charge in [-0.25, -0.2) is 4.98 Å². The highest BCUT2D eigenvalue weighted by Crippen LogP contribution is 2.31. The quantitative estimate of drug-likeness (QED) is 0.724. The highest BCUT2D eigenvalue weighted by Gasteiger charge is 2.19. The third kappa shape index (κ3) is 4.49. The molecule has 142 valence electrons. The van der Waals surface area contributed by atoms with Crippen molar-refractivity contribution in [1.29, 1.82) is 0 Å². The topological polar surface area (TPSA) is 64.3 Å². The van der Waals surface area contributed by atoms with E-state index in [9.17, 15) is 9.90 Å². The number of para-hydroxylation sites is 1. The molecule has 0 aliphatic carbocycles. The maximum Gasteiger partial charge on any atom is 0.261 e. The van der Waals surface area contributed by atoms with Crippen molar-refractivity contribution in [3.63, 3.8) is 0 Å². The monoisotopic (exact) mass is 386 g/mol. The van der Waals surface area contributed by atoms with Crippen molar-refractivity contribution in [2.75, 3.05) is 6.61 Å². The van der Waals surface area contributed by atoms with Crippen molar-refractivity contribution in [2.45, 2.75) is 38.8 Å². The summed E-state index contributed by atoms with van der Waals surface area (Å²) in [6.45, 7) is 6.49.